The van der Waals surface area contributed by atoms with Crippen molar-refractivity contribution >= 4 is 0 Å². The van der Waals surface area contributed by atoms with Crippen LogP contribution in [0.3, 0.4) is 0 Å². The van der Waals surface area contributed by atoms with Crippen LogP contribution in [0.4, 0.5) is 0 Å². The molecule has 0 aromatic heterocycles. The molecule has 0 aromatic rings. The molecule has 0 amide bonds. The van der Waals surface area contributed by atoms with E-state index in [1.807, 2.05) is 0 Å². The number of rotatable bonds is 1. The summed E-state index contributed by atoms with van der Waals surface area (Å²) in [5.41, 5.74) is 0. The Hall–Kier alpha value is -0.120. The standard InChI is InChI=1S/C8H19N3/c1-6-11-8(3)7(2)9(4)10(11)5/h7-8H,6H2,1-5H3/t7-,8+/m0/s1. The van der Waals surface area contributed by atoms with Crippen LogP contribution >= 0.6 is 0 Å². The van der Waals surface area contributed by atoms with Crippen molar-refractivity contribution in [2.45, 2.75) is 32.9 Å². The molecule has 0 N–H and O–H groups in total. The molecule has 3 nitrogen and oxygen atoms in total. The molecule has 1 aliphatic heterocycles. The Balaban J connectivity index is 2.69. The second kappa shape index (κ2) is 3.09. The predicted molar refractivity (Wildman–Crippen MR) is 46.8 cm³/mol. The van der Waals surface area contributed by atoms with E-state index in [2.05, 4.69) is 50.0 Å². The van der Waals surface area contributed by atoms with E-state index in [9.17, 15) is 0 Å². The third kappa shape index (κ3) is 1.28. The molecule has 1 saturated heterocycles. The Labute approximate surface area is 69.5 Å². The molecule has 0 saturated carbocycles. The second-order valence-electron chi connectivity index (χ2n) is 3.30. The van der Waals surface area contributed by atoms with Gasteiger partial charge in [0.25, 0.3) is 0 Å². The third-order valence-electron chi connectivity index (χ3n) is 2.91. The van der Waals surface area contributed by atoms with E-state index in [1.165, 1.54) is 0 Å². The van der Waals surface area contributed by atoms with Gasteiger partial charge in [-0.15, -0.1) is 0 Å². The summed E-state index contributed by atoms with van der Waals surface area (Å²) in [5.74, 6) is 0. The highest BCUT2D eigenvalue weighted by molar-refractivity contribution is 4.80. The Bertz CT molecular complexity index is 123. The Morgan fingerprint density at radius 1 is 1.09 bits per heavy atom. The maximum absolute atomic E-state index is 2.37. The fourth-order valence-electron chi connectivity index (χ4n) is 1.76. The first-order valence-corrected chi connectivity index (χ1v) is 4.32. The normalized spacial score (nSPS) is 36.8. The highest BCUT2D eigenvalue weighted by Crippen LogP contribution is 2.20. The van der Waals surface area contributed by atoms with Gasteiger partial charge in [-0.05, 0) is 13.8 Å². The largest absolute Gasteiger partial charge is 0.227 e. The summed E-state index contributed by atoms with van der Waals surface area (Å²) in [5, 5.41) is 6.84. The number of hydrazine groups is 2. The lowest BCUT2D eigenvalue weighted by molar-refractivity contribution is -0.0937. The summed E-state index contributed by atoms with van der Waals surface area (Å²) in [7, 11) is 4.25. The van der Waals surface area contributed by atoms with Crippen molar-refractivity contribution < 1.29 is 0 Å². The quantitative estimate of drug-likeness (QED) is 0.557. The SMILES string of the molecule is CCN1[C@H](C)[C@H](C)N(C)N1C. The van der Waals surface area contributed by atoms with Crippen LogP contribution in [0.25, 0.3) is 0 Å². The van der Waals surface area contributed by atoms with Crippen molar-refractivity contribution in [2.75, 3.05) is 20.6 Å². The van der Waals surface area contributed by atoms with Crippen molar-refractivity contribution in [3.8, 4) is 0 Å². The van der Waals surface area contributed by atoms with Gasteiger partial charge < -0.3 is 0 Å². The molecular weight excluding hydrogens is 138 g/mol. The average Bonchev–Trinajstić information content (AvgIpc) is 2.17. The maximum Gasteiger partial charge on any atom is 0.0398 e. The molecular formula is C8H19N3. The van der Waals surface area contributed by atoms with Crippen LogP contribution < -0.4 is 0 Å². The minimum atomic E-state index is 0.625. The lowest BCUT2D eigenvalue weighted by Gasteiger charge is -2.27. The molecule has 0 aromatic carbocycles. The molecule has 2 atom stereocenters. The summed E-state index contributed by atoms with van der Waals surface area (Å²) in [6, 6.07) is 1.26. The van der Waals surface area contributed by atoms with Gasteiger partial charge in [-0.1, -0.05) is 6.92 Å². The zero-order valence-electron chi connectivity index (χ0n) is 8.20. The third-order valence-corrected chi connectivity index (χ3v) is 2.91. The maximum atomic E-state index is 2.37. The molecule has 0 spiro atoms. The fraction of sp³-hybridized carbons (Fsp3) is 1.00. The molecule has 1 heterocycles. The molecule has 0 radical (unpaired) electrons. The lowest BCUT2D eigenvalue weighted by Crippen LogP contribution is -2.41. The van der Waals surface area contributed by atoms with Crippen LogP contribution in [-0.2, 0) is 0 Å². The topological polar surface area (TPSA) is 9.72 Å². The summed E-state index contributed by atoms with van der Waals surface area (Å²) >= 11 is 0. The zero-order valence-corrected chi connectivity index (χ0v) is 8.20. The van der Waals surface area contributed by atoms with Crippen molar-refractivity contribution in [1.29, 1.82) is 0 Å². The van der Waals surface area contributed by atoms with Crippen LogP contribution in [0.5, 0.6) is 0 Å². The molecule has 66 valence electrons. The van der Waals surface area contributed by atoms with Crippen LogP contribution in [0, 0.1) is 0 Å². The van der Waals surface area contributed by atoms with Gasteiger partial charge in [-0.3, -0.25) is 0 Å². The van der Waals surface area contributed by atoms with E-state index in [0.29, 0.717) is 12.1 Å². The van der Waals surface area contributed by atoms with E-state index < -0.39 is 0 Å². The molecule has 0 bridgehead atoms. The first-order chi connectivity index (χ1) is 5.09. The van der Waals surface area contributed by atoms with Crippen molar-refractivity contribution in [2.24, 2.45) is 0 Å². The van der Waals surface area contributed by atoms with Crippen molar-refractivity contribution in [3.63, 3.8) is 0 Å². The second-order valence-corrected chi connectivity index (χ2v) is 3.30. The molecule has 0 aliphatic carbocycles. The molecule has 1 fully saturated rings. The first-order valence-electron chi connectivity index (χ1n) is 4.32. The molecule has 1 rings (SSSR count). The monoisotopic (exact) mass is 157 g/mol. The van der Waals surface area contributed by atoms with E-state index in [1.54, 1.807) is 0 Å². The fourth-order valence-corrected chi connectivity index (χ4v) is 1.76. The smallest absolute Gasteiger partial charge is 0.0398 e. The van der Waals surface area contributed by atoms with E-state index >= 15 is 0 Å². The molecule has 1 aliphatic rings. The Morgan fingerprint density at radius 3 is 1.82 bits per heavy atom. The van der Waals surface area contributed by atoms with Gasteiger partial charge in [-0.2, -0.15) is 5.12 Å². The van der Waals surface area contributed by atoms with Crippen molar-refractivity contribution in [1.82, 2.24) is 15.1 Å². The predicted octanol–water partition coefficient (Wildman–Crippen LogP) is 0.793. The first kappa shape index (κ1) is 8.97. The van der Waals surface area contributed by atoms with Gasteiger partial charge in [-0.25, -0.2) is 10.0 Å². The number of hydrogen-bond donors (Lipinski definition) is 0. The minimum absolute atomic E-state index is 0.625. The highest BCUT2D eigenvalue weighted by Gasteiger charge is 2.35. The molecule has 0 unspecified atom stereocenters. The van der Waals surface area contributed by atoms with Gasteiger partial charge in [0.2, 0.25) is 0 Å². The van der Waals surface area contributed by atoms with E-state index in [4.69, 9.17) is 0 Å². The number of hydrogen-bond acceptors (Lipinski definition) is 3. The Morgan fingerprint density at radius 2 is 1.64 bits per heavy atom. The summed E-state index contributed by atoms with van der Waals surface area (Å²) < 4.78 is 0. The highest BCUT2D eigenvalue weighted by atomic mass is 15.9. The van der Waals surface area contributed by atoms with Gasteiger partial charge in [0.1, 0.15) is 0 Å². The average molecular weight is 157 g/mol. The van der Waals surface area contributed by atoms with Crippen LogP contribution in [0.15, 0.2) is 0 Å². The van der Waals surface area contributed by atoms with E-state index in [-0.39, 0.29) is 0 Å². The summed E-state index contributed by atoms with van der Waals surface area (Å²) in [4.78, 5) is 0. The number of likely N-dealkylation sites (N-methyl/N-ethyl adjacent to an activating group) is 2. The van der Waals surface area contributed by atoms with Gasteiger partial charge in [0, 0.05) is 32.7 Å². The lowest BCUT2D eigenvalue weighted by atomic mass is 10.2. The van der Waals surface area contributed by atoms with Gasteiger partial charge in [0.05, 0.1) is 0 Å². The summed E-state index contributed by atoms with van der Waals surface area (Å²) in [6.07, 6.45) is 0. The molecule has 3 heteroatoms. The van der Waals surface area contributed by atoms with Gasteiger partial charge >= 0.3 is 0 Å². The zero-order chi connectivity index (χ0) is 8.59. The minimum Gasteiger partial charge on any atom is -0.227 e. The molecule has 11 heavy (non-hydrogen) atoms. The van der Waals surface area contributed by atoms with Crippen molar-refractivity contribution in [3.05, 3.63) is 0 Å². The van der Waals surface area contributed by atoms with Crippen LogP contribution in [-0.4, -0.2) is 47.9 Å². The van der Waals surface area contributed by atoms with Crippen LogP contribution in [0.2, 0.25) is 0 Å². The van der Waals surface area contributed by atoms with Gasteiger partial charge in [0.15, 0.2) is 0 Å². The Kier molecular flexibility index (Phi) is 2.52. The summed E-state index contributed by atoms with van der Waals surface area (Å²) in [6.45, 7) is 7.82. The van der Waals surface area contributed by atoms with Crippen LogP contribution in [0.1, 0.15) is 20.8 Å². The number of nitrogens with zero attached hydrogens (tertiary/aromatic N) is 3. The van der Waals surface area contributed by atoms with E-state index in [0.717, 1.165) is 6.54 Å².